The van der Waals surface area contributed by atoms with Gasteiger partial charge in [-0.2, -0.15) is 0 Å². The summed E-state index contributed by atoms with van der Waals surface area (Å²) in [6.45, 7) is 0. The average Bonchev–Trinajstić information content (AvgIpc) is 3.16. The molecule has 4 atom stereocenters. The third-order valence-corrected chi connectivity index (χ3v) is 4.94. The number of rotatable bonds is 3. The molecule has 5 nitrogen and oxygen atoms in total. The van der Waals surface area contributed by atoms with Crippen molar-refractivity contribution in [3.63, 3.8) is 0 Å². The van der Waals surface area contributed by atoms with Crippen molar-refractivity contribution < 1.29 is 14.7 Å². The number of carboxylic acids is 1. The number of carboxylic acid groups (broad SMARTS) is 1. The summed E-state index contributed by atoms with van der Waals surface area (Å²) in [5, 5.41) is 13.3. The van der Waals surface area contributed by atoms with E-state index in [0.717, 1.165) is 11.8 Å². The van der Waals surface area contributed by atoms with E-state index >= 15 is 0 Å². The predicted octanol–water partition coefficient (Wildman–Crippen LogP) is 2.70. The largest absolute Gasteiger partial charge is 0.481 e. The number of hydrogen-bond acceptors (Lipinski definition) is 3. The summed E-state index contributed by atoms with van der Waals surface area (Å²) in [5.41, 5.74) is 1.35. The van der Waals surface area contributed by atoms with Crippen molar-refractivity contribution in [3.05, 3.63) is 48.7 Å². The topological polar surface area (TPSA) is 79.3 Å². The monoisotopic (exact) mass is 308 g/mol. The molecule has 0 radical (unpaired) electrons. The minimum Gasteiger partial charge on any atom is -0.481 e. The molecule has 0 spiro atoms. The molecule has 2 aliphatic carbocycles. The number of anilines is 1. The van der Waals surface area contributed by atoms with Crippen molar-refractivity contribution in [2.45, 2.75) is 6.42 Å². The molecule has 0 unspecified atom stereocenters. The summed E-state index contributed by atoms with van der Waals surface area (Å²) < 4.78 is 0. The lowest BCUT2D eigenvalue weighted by atomic mass is 9.82. The number of aliphatic carboxylic acids is 1. The first kappa shape index (κ1) is 13.9. The quantitative estimate of drug-likeness (QED) is 0.854. The molecule has 4 rings (SSSR count). The standard InChI is InChI=1S/C18H16N2O3/c21-17(14-11-6-7-12(9-11)15(14)18(22)23)20-13-5-1-3-10-4-2-8-19-16(10)13/h1-8,11-12,14-15H,9H2,(H,20,21)(H,22,23)/t11-,12+,14-,15+/m1/s1. The van der Waals surface area contributed by atoms with Gasteiger partial charge in [-0.05, 0) is 30.4 Å². The number of nitrogens with zero attached hydrogens (tertiary/aromatic N) is 1. The number of para-hydroxylation sites is 1. The van der Waals surface area contributed by atoms with Crippen LogP contribution in [0.5, 0.6) is 0 Å². The Morgan fingerprint density at radius 3 is 2.61 bits per heavy atom. The summed E-state index contributed by atoms with van der Waals surface area (Å²) in [7, 11) is 0. The molecule has 5 heteroatoms. The van der Waals surface area contributed by atoms with Gasteiger partial charge in [0, 0.05) is 11.6 Å². The molecule has 1 aromatic carbocycles. The van der Waals surface area contributed by atoms with Crippen molar-refractivity contribution in [1.29, 1.82) is 0 Å². The Hall–Kier alpha value is -2.69. The molecule has 2 aromatic rings. The van der Waals surface area contributed by atoms with Crippen LogP contribution >= 0.6 is 0 Å². The molecule has 2 bridgehead atoms. The smallest absolute Gasteiger partial charge is 0.307 e. The van der Waals surface area contributed by atoms with E-state index < -0.39 is 17.8 Å². The third kappa shape index (κ3) is 2.20. The molecule has 1 aromatic heterocycles. The van der Waals surface area contributed by atoms with Gasteiger partial charge in [0.15, 0.2) is 0 Å². The average molecular weight is 308 g/mol. The second-order valence-corrected chi connectivity index (χ2v) is 6.21. The van der Waals surface area contributed by atoms with Gasteiger partial charge in [-0.3, -0.25) is 14.6 Å². The van der Waals surface area contributed by atoms with Crippen LogP contribution < -0.4 is 5.32 Å². The zero-order valence-corrected chi connectivity index (χ0v) is 12.3. The first-order valence-electron chi connectivity index (χ1n) is 7.71. The second-order valence-electron chi connectivity index (χ2n) is 6.21. The normalized spacial score (nSPS) is 28.2. The maximum atomic E-state index is 12.7. The lowest BCUT2D eigenvalue weighted by Crippen LogP contribution is -2.36. The summed E-state index contributed by atoms with van der Waals surface area (Å²) in [6.07, 6.45) is 6.35. The summed E-state index contributed by atoms with van der Waals surface area (Å²) in [5.74, 6) is -2.28. The van der Waals surface area contributed by atoms with Gasteiger partial charge in [-0.15, -0.1) is 0 Å². The number of amides is 1. The van der Waals surface area contributed by atoms with Crippen molar-refractivity contribution in [2.75, 3.05) is 5.32 Å². The van der Waals surface area contributed by atoms with Gasteiger partial charge in [-0.25, -0.2) is 0 Å². The molecular formula is C18H16N2O3. The lowest BCUT2D eigenvalue weighted by Gasteiger charge is -2.24. The van der Waals surface area contributed by atoms with Crippen molar-refractivity contribution in [2.24, 2.45) is 23.7 Å². The number of pyridine rings is 1. The van der Waals surface area contributed by atoms with Gasteiger partial charge in [0.2, 0.25) is 5.91 Å². The van der Waals surface area contributed by atoms with Gasteiger partial charge >= 0.3 is 5.97 Å². The molecule has 1 saturated carbocycles. The highest BCUT2D eigenvalue weighted by Crippen LogP contribution is 2.48. The molecular weight excluding hydrogens is 292 g/mol. The highest BCUT2D eigenvalue weighted by molar-refractivity contribution is 6.02. The van der Waals surface area contributed by atoms with Crippen LogP contribution in [0.4, 0.5) is 5.69 Å². The Balaban J connectivity index is 1.65. The van der Waals surface area contributed by atoms with Crippen LogP contribution in [-0.4, -0.2) is 22.0 Å². The highest BCUT2D eigenvalue weighted by Gasteiger charge is 2.51. The van der Waals surface area contributed by atoms with Crippen LogP contribution in [0.1, 0.15) is 6.42 Å². The van der Waals surface area contributed by atoms with E-state index in [0.29, 0.717) is 11.2 Å². The van der Waals surface area contributed by atoms with E-state index in [1.165, 1.54) is 0 Å². The van der Waals surface area contributed by atoms with E-state index in [2.05, 4.69) is 10.3 Å². The van der Waals surface area contributed by atoms with Crippen LogP contribution in [0, 0.1) is 23.7 Å². The molecule has 23 heavy (non-hydrogen) atoms. The number of allylic oxidation sites excluding steroid dienone is 2. The third-order valence-electron chi connectivity index (χ3n) is 4.94. The maximum absolute atomic E-state index is 12.7. The van der Waals surface area contributed by atoms with Crippen molar-refractivity contribution in [3.8, 4) is 0 Å². The number of aromatic nitrogens is 1. The first-order valence-corrected chi connectivity index (χ1v) is 7.71. The molecule has 116 valence electrons. The summed E-state index contributed by atoms with van der Waals surface area (Å²) >= 11 is 0. The van der Waals surface area contributed by atoms with Gasteiger partial charge in [0.05, 0.1) is 23.0 Å². The molecule has 1 amide bonds. The van der Waals surface area contributed by atoms with Crippen LogP contribution in [0.3, 0.4) is 0 Å². The van der Waals surface area contributed by atoms with Crippen molar-refractivity contribution in [1.82, 2.24) is 4.98 Å². The fourth-order valence-corrected chi connectivity index (χ4v) is 3.94. The lowest BCUT2D eigenvalue weighted by molar-refractivity contribution is -0.146. The molecule has 2 aliphatic rings. The Kier molecular flexibility index (Phi) is 3.15. The van der Waals surface area contributed by atoms with E-state index in [-0.39, 0.29) is 17.7 Å². The Labute approximate surface area is 133 Å². The van der Waals surface area contributed by atoms with Crippen LogP contribution in [0.15, 0.2) is 48.7 Å². The van der Waals surface area contributed by atoms with E-state index in [1.807, 2.05) is 36.4 Å². The minimum atomic E-state index is -0.891. The SMILES string of the molecule is O=C(O)[C@@H]1[C@H](C(=O)Nc2cccc3cccnc23)[C@@H]2C=C[C@H]1C2. The molecule has 0 saturated heterocycles. The van der Waals surface area contributed by atoms with Crippen LogP contribution in [0.25, 0.3) is 10.9 Å². The zero-order chi connectivity index (χ0) is 16.0. The van der Waals surface area contributed by atoms with Gasteiger partial charge < -0.3 is 10.4 Å². The molecule has 0 aliphatic heterocycles. The van der Waals surface area contributed by atoms with E-state index in [9.17, 15) is 14.7 Å². The fourth-order valence-electron chi connectivity index (χ4n) is 3.94. The number of benzene rings is 1. The predicted molar refractivity (Wildman–Crippen MR) is 85.7 cm³/mol. The number of hydrogen-bond donors (Lipinski definition) is 2. The Morgan fingerprint density at radius 1 is 1.09 bits per heavy atom. The second kappa shape index (κ2) is 5.19. The first-order chi connectivity index (χ1) is 11.1. The maximum Gasteiger partial charge on any atom is 0.307 e. The number of nitrogens with one attached hydrogen (secondary N) is 1. The number of carbonyl (C=O) groups excluding carboxylic acids is 1. The van der Waals surface area contributed by atoms with Gasteiger partial charge in [0.1, 0.15) is 0 Å². The Morgan fingerprint density at radius 2 is 1.83 bits per heavy atom. The van der Waals surface area contributed by atoms with E-state index in [4.69, 9.17) is 0 Å². The summed E-state index contributed by atoms with van der Waals surface area (Å²) in [4.78, 5) is 28.6. The van der Waals surface area contributed by atoms with Gasteiger partial charge in [0.25, 0.3) is 0 Å². The van der Waals surface area contributed by atoms with Crippen LogP contribution in [0.2, 0.25) is 0 Å². The number of fused-ring (bicyclic) bond motifs is 3. The van der Waals surface area contributed by atoms with Gasteiger partial charge in [-0.1, -0.05) is 30.4 Å². The van der Waals surface area contributed by atoms with E-state index in [1.54, 1.807) is 12.3 Å². The summed E-state index contributed by atoms with van der Waals surface area (Å²) in [6, 6.07) is 9.35. The van der Waals surface area contributed by atoms with Crippen LogP contribution in [-0.2, 0) is 9.59 Å². The molecule has 1 fully saturated rings. The zero-order valence-electron chi connectivity index (χ0n) is 12.3. The molecule has 1 heterocycles. The van der Waals surface area contributed by atoms with Crippen molar-refractivity contribution >= 4 is 28.5 Å². The molecule has 2 N–H and O–H groups in total. The highest BCUT2D eigenvalue weighted by atomic mass is 16.4. The Bertz CT molecular complexity index is 825. The number of carbonyl (C=O) groups is 2. The minimum absolute atomic E-state index is 0.0176. The fraction of sp³-hybridized carbons (Fsp3) is 0.278.